The molecule has 1 saturated heterocycles. The maximum atomic E-state index is 11.1. The van der Waals surface area contributed by atoms with Crippen molar-refractivity contribution >= 4 is 9.84 Å². The summed E-state index contributed by atoms with van der Waals surface area (Å²) in [7, 11) is -2.81. The number of piperazine rings is 1. The van der Waals surface area contributed by atoms with Gasteiger partial charge in [0, 0.05) is 45.5 Å². The van der Waals surface area contributed by atoms with Crippen LogP contribution in [0.15, 0.2) is 0 Å². The molecule has 0 aromatic heterocycles. The first-order valence-electron chi connectivity index (χ1n) is 6.65. The fourth-order valence-electron chi connectivity index (χ4n) is 2.53. The minimum Gasteiger partial charge on any atom is -0.301 e. The predicted octanol–water partition coefficient (Wildman–Crippen LogP) is 0.449. The van der Waals surface area contributed by atoms with Gasteiger partial charge in [0.1, 0.15) is 9.84 Å². The van der Waals surface area contributed by atoms with Crippen molar-refractivity contribution in [1.29, 1.82) is 0 Å². The summed E-state index contributed by atoms with van der Waals surface area (Å²) >= 11 is 0. The lowest BCUT2D eigenvalue weighted by molar-refractivity contribution is 0.104. The summed E-state index contributed by atoms with van der Waals surface area (Å²) in [6, 6.07) is 0. The molecule has 1 heterocycles. The van der Waals surface area contributed by atoms with Gasteiger partial charge < -0.3 is 4.90 Å². The average molecular weight is 260 g/mol. The van der Waals surface area contributed by atoms with Crippen LogP contribution in [0.5, 0.6) is 0 Å². The lowest BCUT2D eigenvalue weighted by Gasteiger charge is -2.38. The Bertz CT molecular complexity index is 330. The molecule has 0 N–H and O–H groups in total. The second kappa shape index (κ2) is 5.67. The van der Waals surface area contributed by atoms with E-state index in [4.69, 9.17) is 0 Å². The molecule has 0 spiro atoms. The molecular weight excluding hydrogens is 236 g/mol. The molecule has 0 aromatic carbocycles. The second-order valence-corrected chi connectivity index (χ2v) is 7.83. The summed E-state index contributed by atoms with van der Waals surface area (Å²) in [6.07, 6.45) is 5.56. The van der Waals surface area contributed by atoms with E-state index in [0.717, 1.165) is 32.1 Å². The molecule has 5 heteroatoms. The number of nitrogens with zero attached hydrogens (tertiary/aromatic N) is 2. The zero-order valence-corrected chi connectivity index (χ0v) is 11.6. The molecule has 4 nitrogen and oxygen atoms in total. The lowest BCUT2D eigenvalue weighted by Crippen LogP contribution is -2.49. The maximum Gasteiger partial charge on any atom is 0.148 e. The van der Waals surface area contributed by atoms with Crippen molar-refractivity contribution in [3.63, 3.8) is 0 Å². The van der Waals surface area contributed by atoms with Crippen molar-refractivity contribution in [3.05, 3.63) is 0 Å². The molecule has 0 bridgehead atoms. The van der Waals surface area contributed by atoms with Crippen LogP contribution in [0.25, 0.3) is 0 Å². The van der Waals surface area contributed by atoms with E-state index in [1.165, 1.54) is 32.1 Å². The molecule has 0 amide bonds. The molecule has 1 saturated carbocycles. The average Bonchev–Trinajstić information content (AvgIpc) is 2.21. The monoisotopic (exact) mass is 260 g/mol. The van der Waals surface area contributed by atoms with Gasteiger partial charge in [0.2, 0.25) is 0 Å². The van der Waals surface area contributed by atoms with Gasteiger partial charge in [0.15, 0.2) is 0 Å². The topological polar surface area (TPSA) is 40.6 Å². The molecule has 0 radical (unpaired) electrons. The Hall–Kier alpha value is -0.130. The molecule has 1 aliphatic heterocycles. The van der Waals surface area contributed by atoms with E-state index in [1.54, 1.807) is 0 Å². The number of rotatable bonds is 5. The second-order valence-electron chi connectivity index (χ2n) is 5.57. The Morgan fingerprint density at radius 3 is 2.12 bits per heavy atom. The Kier molecular flexibility index (Phi) is 4.44. The van der Waals surface area contributed by atoms with E-state index in [-0.39, 0.29) is 0 Å². The Balaban J connectivity index is 1.63. The van der Waals surface area contributed by atoms with Crippen LogP contribution in [0.2, 0.25) is 0 Å². The van der Waals surface area contributed by atoms with Crippen LogP contribution in [0.1, 0.15) is 19.3 Å². The predicted molar refractivity (Wildman–Crippen MR) is 69.9 cm³/mol. The molecule has 17 heavy (non-hydrogen) atoms. The van der Waals surface area contributed by atoms with E-state index < -0.39 is 9.84 Å². The normalized spacial score (nSPS) is 24.8. The van der Waals surface area contributed by atoms with Gasteiger partial charge in [-0.2, -0.15) is 0 Å². The largest absolute Gasteiger partial charge is 0.301 e. The van der Waals surface area contributed by atoms with Gasteiger partial charge in [-0.1, -0.05) is 6.42 Å². The van der Waals surface area contributed by atoms with Crippen LogP contribution in [-0.2, 0) is 9.84 Å². The molecule has 0 atom stereocenters. The molecular formula is C12H24N2O2S. The summed E-state index contributed by atoms with van der Waals surface area (Å²) < 4.78 is 22.2. The van der Waals surface area contributed by atoms with Gasteiger partial charge in [-0.15, -0.1) is 0 Å². The van der Waals surface area contributed by atoms with E-state index in [2.05, 4.69) is 9.80 Å². The number of sulfone groups is 1. The SMILES string of the molecule is CS(=O)(=O)CCN1CCN(CC2CCC2)CC1. The first-order chi connectivity index (χ1) is 8.03. The van der Waals surface area contributed by atoms with Crippen molar-refractivity contribution in [1.82, 2.24) is 9.80 Å². The van der Waals surface area contributed by atoms with E-state index >= 15 is 0 Å². The lowest BCUT2D eigenvalue weighted by atomic mass is 9.85. The number of hydrogen-bond acceptors (Lipinski definition) is 4. The van der Waals surface area contributed by atoms with E-state index in [1.807, 2.05) is 0 Å². The summed E-state index contributed by atoms with van der Waals surface area (Å²) in [4.78, 5) is 4.82. The summed E-state index contributed by atoms with van der Waals surface area (Å²) in [5.74, 6) is 1.24. The third kappa shape index (κ3) is 4.56. The highest BCUT2D eigenvalue weighted by molar-refractivity contribution is 7.90. The van der Waals surface area contributed by atoms with Crippen molar-refractivity contribution in [2.45, 2.75) is 19.3 Å². The van der Waals surface area contributed by atoms with Crippen LogP contribution >= 0.6 is 0 Å². The van der Waals surface area contributed by atoms with E-state index in [0.29, 0.717) is 12.3 Å². The van der Waals surface area contributed by atoms with Crippen molar-refractivity contribution in [2.75, 3.05) is 51.3 Å². The molecule has 2 rings (SSSR count). The first kappa shape index (κ1) is 13.3. The van der Waals surface area contributed by atoms with Gasteiger partial charge in [-0.3, -0.25) is 4.90 Å². The Morgan fingerprint density at radius 1 is 1.06 bits per heavy atom. The van der Waals surface area contributed by atoms with Crippen molar-refractivity contribution < 1.29 is 8.42 Å². The molecule has 0 aromatic rings. The smallest absolute Gasteiger partial charge is 0.148 e. The summed E-state index contributed by atoms with van der Waals surface area (Å²) in [5.41, 5.74) is 0. The quantitative estimate of drug-likeness (QED) is 0.719. The van der Waals surface area contributed by atoms with Crippen molar-refractivity contribution in [2.24, 2.45) is 5.92 Å². The van der Waals surface area contributed by atoms with Crippen LogP contribution in [0, 0.1) is 5.92 Å². The third-order valence-corrected chi connectivity index (χ3v) is 4.91. The van der Waals surface area contributed by atoms with Crippen LogP contribution in [-0.4, -0.2) is 69.5 Å². The van der Waals surface area contributed by atoms with Crippen molar-refractivity contribution in [3.8, 4) is 0 Å². The standard InChI is InChI=1S/C12H24N2O2S/c1-17(15,16)10-9-13-5-7-14(8-6-13)11-12-3-2-4-12/h12H,2-11H2,1H3. The van der Waals surface area contributed by atoms with Gasteiger partial charge in [-0.25, -0.2) is 8.42 Å². The molecule has 1 aliphatic carbocycles. The van der Waals surface area contributed by atoms with Crippen LogP contribution in [0.3, 0.4) is 0 Å². The van der Waals surface area contributed by atoms with E-state index in [9.17, 15) is 8.42 Å². The first-order valence-corrected chi connectivity index (χ1v) is 8.71. The molecule has 2 aliphatic rings. The maximum absolute atomic E-state index is 11.1. The van der Waals surface area contributed by atoms with Gasteiger partial charge in [-0.05, 0) is 18.8 Å². The highest BCUT2D eigenvalue weighted by Gasteiger charge is 2.23. The Morgan fingerprint density at radius 2 is 1.65 bits per heavy atom. The van der Waals surface area contributed by atoms with Gasteiger partial charge >= 0.3 is 0 Å². The number of hydrogen-bond donors (Lipinski definition) is 0. The van der Waals surface area contributed by atoms with Crippen LogP contribution in [0.4, 0.5) is 0 Å². The molecule has 100 valence electrons. The highest BCUT2D eigenvalue weighted by atomic mass is 32.2. The van der Waals surface area contributed by atoms with Gasteiger partial charge in [0.05, 0.1) is 5.75 Å². The minimum atomic E-state index is -2.81. The Labute approximate surface area is 105 Å². The summed E-state index contributed by atoms with van der Waals surface area (Å²) in [6.45, 7) is 6.25. The minimum absolute atomic E-state index is 0.301. The fraction of sp³-hybridized carbons (Fsp3) is 1.00. The summed E-state index contributed by atoms with van der Waals surface area (Å²) in [5, 5.41) is 0. The van der Waals surface area contributed by atoms with Gasteiger partial charge in [0.25, 0.3) is 0 Å². The fourth-order valence-corrected chi connectivity index (χ4v) is 3.12. The molecule has 2 fully saturated rings. The zero-order chi connectivity index (χ0) is 12.3. The highest BCUT2D eigenvalue weighted by Crippen LogP contribution is 2.27. The molecule has 0 unspecified atom stereocenters. The zero-order valence-electron chi connectivity index (χ0n) is 10.8. The third-order valence-electron chi connectivity index (χ3n) is 3.98. The van der Waals surface area contributed by atoms with Crippen LogP contribution < -0.4 is 0 Å².